The second-order valence-corrected chi connectivity index (χ2v) is 11.9. The van der Waals surface area contributed by atoms with E-state index in [0.717, 1.165) is 18.5 Å². The van der Waals surface area contributed by atoms with Gasteiger partial charge in [0.25, 0.3) is 5.91 Å². The SMILES string of the molecule is CCCN1C(=O)COc2ccc(Nc3nc(Nc4ccc(N5CCN(S(C)(=O)=O)CC5)c(C(F)(F)F)c4)ncc3F)nc21. The molecule has 2 aliphatic heterocycles. The molecule has 1 fully saturated rings. The summed E-state index contributed by atoms with van der Waals surface area (Å²) in [5, 5.41) is 5.40. The van der Waals surface area contributed by atoms with Crippen molar-refractivity contribution in [2.75, 3.05) is 66.0 Å². The van der Waals surface area contributed by atoms with Gasteiger partial charge in [0.15, 0.2) is 29.8 Å². The zero-order valence-electron chi connectivity index (χ0n) is 23.2. The maximum absolute atomic E-state index is 14.6. The number of aromatic nitrogens is 3. The van der Waals surface area contributed by atoms with Crippen LogP contribution in [0, 0.1) is 5.82 Å². The van der Waals surface area contributed by atoms with Crippen LogP contribution >= 0.6 is 0 Å². The molecule has 4 heterocycles. The fourth-order valence-corrected chi connectivity index (χ4v) is 5.57. The largest absolute Gasteiger partial charge is 0.480 e. The minimum absolute atomic E-state index is 0.00109. The van der Waals surface area contributed by atoms with Crippen LogP contribution in [0.25, 0.3) is 0 Å². The number of carbonyl (C=O) groups excluding carboxylic acids is 1. The van der Waals surface area contributed by atoms with Gasteiger partial charge in [-0.2, -0.15) is 22.5 Å². The lowest BCUT2D eigenvalue weighted by Gasteiger charge is -2.36. The highest BCUT2D eigenvalue weighted by Crippen LogP contribution is 2.39. The van der Waals surface area contributed by atoms with Crippen LogP contribution in [0.2, 0.25) is 0 Å². The van der Waals surface area contributed by atoms with Gasteiger partial charge in [0, 0.05) is 44.1 Å². The minimum Gasteiger partial charge on any atom is -0.480 e. The predicted octanol–water partition coefficient (Wildman–Crippen LogP) is 3.73. The Morgan fingerprint density at radius 3 is 2.47 bits per heavy atom. The third-order valence-electron chi connectivity index (χ3n) is 6.79. The summed E-state index contributed by atoms with van der Waals surface area (Å²) in [6, 6.07) is 6.67. The fourth-order valence-electron chi connectivity index (χ4n) is 4.74. The Morgan fingerprint density at radius 1 is 1.05 bits per heavy atom. The Bertz CT molecular complexity index is 1630. The number of sulfonamides is 1. The van der Waals surface area contributed by atoms with Crippen LogP contribution in [0.1, 0.15) is 18.9 Å². The summed E-state index contributed by atoms with van der Waals surface area (Å²) in [4.78, 5) is 27.5. The van der Waals surface area contributed by atoms with Crippen LogP contribution in [0.15, 0.2) is 36.5 Å². The third-order valence-corrected chi connectivity index (χ3v) is 8.09. The summed E-state index contributed by atoms with van der Waals surface area (Å²) in [6.07, 6.45) is -2.13. The predicted molar refractivity (Wildman–Crippen MR) is 151 cm³/mol. The van der Waals surface area contributed by atoms with Crippen LogP contribution in [0.4, 0.5) is 52.3 Å². The zero-order valence-corrected chi connectivity index (χ0v) is 24.0. The number of nitrogens with one attached hydrogen (secondary N) is 2. The first-order valence-corrected chi connectivity index (χ1v) is 15.1. The molecule has 1 aromatic carbocycles. The molecule has 0 unspecified atom stereocenters. The Morgan fingerprint density at radius 2 is 1.79 bits per heavy atom. The summed E-state index contributed by atoms with van der Waals surface area (Å²) >= 11 is 0. The van der Waals surface area contributed by atoms with E-state index in [1.165, 1.54) is 32.3 Å². The number of halogens is 4. The number of ether oxygens (including phenoxy) is 1. The van der Waals surface area contributed by atoms with Crippen molar-refractivity contribution in [3.05, 3.63) is 47.9 Å². The average Bonchev–Trinajstić information content (AvgIpc) is 2.95. The van der Waals surface area contributed by atoms with E-state index in [2.05, 4.69) is 25.6 Å². The van der Waals surface area contributed by atoms with E-state index >= 15 is 0 Å². The van der Waals surface area contributed by atoms with Crippen LogP contribution in [-0.4, -0.2) is 79.2 Å². The third kappa shape index (κ3) is 6.72. The number of rotatable bonds is 8. The highest BCUT2D eigenvalue weighted by atomic mass is 32.2. The Labute approximate surface area is 244 Å². The van der Waals surface area contributed by atoms with Gasteiger partial charge in [0.05, 0.1) is 18.0 Å². The second kappa shape index (κ2) is 11.8. The van der Waals surface area contributed by atoms with Crippen LogP contribution in [0.5, 0.6) is 5.75 Å². The van der Waals surface area contributed by atoms with Crippen molar-refractivity contribution in [1.29, 1.82) is 0 Å². The lowest BCUT2D eigenvalue weighted by atomic mass is 10.1. The minimum atomic E-state index is -4.72. The average molecular weight is 625 g/mol. The molecule has 2 aromatic heterocycles. The monoisotopic (exact) mass is 624 g/mol. The van der Waals surface area contributed by atoms with Crippen molar-refractivity contribution in [2.24, 2.45) is 0 Å². The number of benzene rings is 1. The molecule has 17 heteroatoms. The van der Waals surface area contributed by atoms with Crippen LogP contribution in [-0.2, 0) is 21.0 Å². The first-order chi connectivity index (χ1) is 20.3. The smallest absolute Gasteiger partial charge is 0.418 e. The highest BCUT2D eigenvalue weighted by molar-refractivity contribution is 7.88. The van der Waals surface area contributed by atoms with Crippen molar-refractivity contribution in [2.45, 2.75) is 19.5 Å². The summed E-state index contributed by atoms with van der Waals surface area (Å²) in [6.45, 7) is 2.51. The van der Waals surface area contributed by atoms with E-state index in [1.807, 2.05) is 6.92 Å². The molecule has 230 valence electrons. The van der Waals surface area contributed by atoms with Crippen molar-refractivity contribution >= 4 is 50.7 Å². The maximum atomic E-state index is 14.6. The van der Waals surface area contributed by atoms with Crippen molar-refractivity contribution < 1.29 is 35.5 Å². The number of amides is 1. The van der Waals surface area contributed by atoms with Crippen LogP contribution in [0.3, 0.4) is 0 Å². The zero-order chi connectivity index (χ0) is 30.9. The molecule has 0 saturated carbocycles. The number of fused-ring (bicyclic) bond motifs is 1. The first kappa shape index (κ1) is 30.2. The molecule has 3 aromatic rings. The number of alkyl halides is 3. The van der Waals surface area contributed by atoms with E-state index in [4.69, 9.17) is 4.74 Å². The summed E-state index contributed by atoms with van der Waals surface area (Å²) in [5.41, 5.74) is -1.02. The van der Waals surface area contributed by atoms with Crippen molar-refractivity contribution in [3.63, 3.8) is 0 Å². The molecule has 43 heavy (non-hydrogen) atoms. The number of hydrogen-bond acceptors (Lipinski definition) is 10. The van der Waals surface area contributed by atoms with Crippen molar-refractivity contribution in [1.82, 2.24) is 19.3 Å². The molecular weight excluding hydrogens is 596 g/mol. The fraction of sp³-hybridized carbons (Fsp3) is 0.385. The molecule has 12 nitrogen and oxygen atoms in total. The summed E-state index contributed by atoms with van der Waals surface area (Å²) < 4.78 is 87.1. The van der Waals surface area contributed by atoms with Gasteiger partial charge < -0.3 is 20.3 Å². The summed E-state index contributed by atoms with van der Waals surface area (Å²) in [5.74, 6) is -0.774. The molecule has 1 saturated heterocycles. The molecule has 0 aliphatic carbocycles. The molecule has 0 radical (unpaired) electrons. The van der Waals surface area contributed by atoms with E-state index in [9.17, 15) is 30.8 Å². The van der Waals surface area contributed by atoms with Gasteiger partial charge in [-0.25, -0.2) is 22.8 Å². The van der Waals surface area contributed by atoms with Gasteiger partial charge >= 0.3 is 6.18 Å². The molecule has 2 N–H and O–H groups in total. The highest BCUT2D eigenvalue weighted by Gasteiger charge is 2.36. The summed E-state index contributed by atoms with van der Waals surface area (Å²) in [7, 11) is -3.45. The van der Waals surface area contributed by atoms with Gasteiger partial charge in [0.1, 0.15) is 5.82 Å². The second-order valence-electron chi connectivity index (χ2n) is 9.87. The van der Waals surface area contributed by atoms with Gasteiger partial charge in [-0.1, -0.05) is 6.92 Å². The van der Waals surface area contributed by atoms with Gasteiger partial charge in [-0.05, 0) is 36.8 Å². The van der Waals surface area contributed by atoms with Gasteiger partial charge in [-0.3, -0.25) is 9.69 Å². The quantitative estimate of drug-likeness (QED) is 0.357. The Kier molecular flexibility index (Phi) is 8.29. The van der Waals surface area contributed by atoms with Crippen molar-refractivity contribution in [3.8, 4) is 5.75 Å². The molecule has 1 amide bonds. The Hall–Kier alpha value is -4.25. The first-order valence-electron chi connectivity index (χ1n) is 13.3. The lowest BCUT2D eigenvalue weighted by molar-refractivity contribution is -0.137. The number of nitrogens with zero attached hydrogens (tertiary/aromatic N) is 6. The molecule has 5 rings (SSSR count). The van der Waals surface area contributed by atoms with E-state index in [-0.39, 0.29) is 73.5 Å². The van der Waals surface area contributed by atoms with E-state index in [0.29, 0.717) is 18.7 Å². The Balaban J connectivity index is 1.36. The number of hydrogen-bond donors (Lipinski definition) is 2. The number of anilines is 6. The normalized spacial score (nSPS) is 16.1. The van der Waals surface area contributed by atoms with Gasteiger partial charge in [-0.15, -0.1) is 0 Å². The standard InChI is InChI=1S/C26H28F4N8O4S/c1-3-8-38-22(39)15-42-20-6-7-21(34-24(20)38)33-23-18(27)14-31-25(35-23)32-16-4-5-19(17(13-16)26(28,29)30)36-9-11-37(12-10-36)43(2,40)41/h4-7,13-14H,3,8-12,15H2,1-2H3,(H2,31,32,33,34,35). The number of pyridine rings is 1. The molecular formula is C26H28F4N8O4S. The molecule has 0 bridgehead atoms. The number of carbonyl (C=O) groups is 1. The molecule has 2 aliphatic rings. The lowest BCUT2D eigenvalue weighted by Crippen LogP contribution is -2.48. The van der Waals surface area contributed by atoms with E-state index < -0.39 is 27.6 Å². The number of piperazine rings is 1. The maximum Gasteiger partial charge on any atom is 0.418 e. The van der Waals surface area contributed by atoms with Gasteiger partial charge in [0.2, 0.25) is 16.0 Å². The van der Waals surface area contributed by atoms with Crippen LogP contribution < -0.4 is 25.2 Å². The molecule has 0 atom stereocenters. The topological polar surface area (TPSA) is 133 Å². The van der Waals surface area contributed by atoms with E-state index in [1.54, 1.807) is 6.07 Å². The molecule has 0 spiro atoms.